The van der Waals surface area contributed by atoms with Crippen LogP contribution in [-0.4, -0.2) is 33.0 Å². The molecular weight excluding hydrogens is 260 g/mol. The van der Waals surface area contributed by atoms with E-state index in [9.17, 15) is 4.79 Å². The fourth-order valence-electron chi connectivity index (χ4n) is 2.08. The molecule has 5 nitrogen and oxygen atoms in total. The normalized spacial score (nSPS) is 22.2. The van der Waals surface area contributed by atoms with Crippen LogP contribution in [0.5, 0.6) is 0 Å². The predicted molar refractivity (Wildman–Crippen MR) is 77.1 cm³/mol. The van der Waals surface area contributed by atoms with E-state index >= 15 is 0 Å². The largest absolute Gasteiger partial charge is 0.337 e. The van der Waals surface area contributed by atoms with Crippen LogP contribution < -0.4 is 10.6 Å². The lowest BCUT2D eigenvalue weighted by Crippen LogP contribution is -2.42. The number of aromatic nitrogens is 2. The molecule has 1 aliphatic heterocycles. The molecule has 0 unspecified atom stereocenters. The number of rotatable bonds is 4. The molecule has 1 fully saturated rings. The first-order chi connectivity index (χ1) is 9.07. The Morgan fingerprint density at radius 3 is 3.05 bits per heavy atom. The minimum Gasteiger partial charge on any atom is -0.337 e. The first-order valence-corrected chi connectivity index (χ1v) is 7.50. The quantitative estimate of drug-likeness (QED) is 0.883. The fraction of sp³-hybridized carbons (Fsp3) is 0.615. The number of hydrogen-bond donors (Lipinski definition) is 2. The third-order valence-corrected chi connectivity index (χ3v) is 4.73. The lowest BCUT2D eigenvalue weighted by Gasteiger charge is -2.22. The van der Waals surface area contributed by atoms with Gasteiger partial charge in [-0.3, -0.25) is 0 Å². The van der Waals surface area contributed by atoms with E-state index in [2.05, 4.69) is 27.5 Å². The summed E-state index contributed by atoms with van der Waals surface area (Å²) in [5.74, 6) is 1.91. The summed E-state index contributed by atoms with van der Waals surface area (Å²) in [5.41, 5.74) is 0.823. The van der Waals surface area contributed by atoms with E-state index in [4.69, 9.17) is 0 Å². The van der Waals surface area contributed by atoms with Crippen LogP contribution in [0.1, 0.15) is 31.3 Å². The highest BCUT2D eigenvalue weighted by atomic mass is 32.2. The maximum absolute atomic E-state index is 11.7. The number of aryl methyl sites for hydroxylation is 1. The van der Waals surface area contributed by atoms with Gasteiger partial charge in [-0.05, 0) is 38.5 Å². The van der Waals surface area contributed by atoms with Crippen molar-refractivity contribution in [2.75, 3.05) is 12.3 Å². The van der Waals surface area contributed by atoms with Crippen molar-refractivity contribution in [2.45, 2.75) is 38.0 Å². The molecule has 104 valence electrons. The lowest BCUT2D eigenvalue weighted by molar-refractivity contribution is 0.239. The summed E-state index contributed by atoms with van der Waals surface area (Å²) < 4.78 is 0.197. The van der Waals surface area contributed by atoms with Crippen LogP contribution in [0.15, 0.2) is 12.3 Å². The van der Waals surface area contributed by atoms with Gasteiger partial charge in [0.25, 0.3) is 0 Å². The lowest BCUT2D eigenvalue weighted by atomic mass is 10.1. The van der Waals surface area contributed by atoms with E-state index in [-0.39, 0.29) is 10.8 Å². The van der Waals surface area contributed by atoms with E-state index in [1.165, 1.54) is 18.6 Å². The third kappa shape index (κ3) is 4.38. The summed E-state index contributed by atoms with van der Waals surface area (Å²) in [4.78, 5) is 20.0. The Morgan fingerprint density at radius 2 is 2.37 bits per heavy atom. The van der Waals surface area contributed by atoms with Gasteiger partial charge in [0.2, 0.25) is 0 Å². The zero-order valence-corrected chi connectivity index (χ0v) is 12.2. The molecule has 2 heterocycles. The van der Waals surface area contributed by atoms with E-state index < -0.39 is 0 Å². The van der Waals surface area contributed by atoms with Crippen molar-refractivity contribution < 1.29 is 4.79 Å². The highest BCUT2D eigenvalue weighted by molar-refractivity contribution is 8.00. The van der Waals surface area contributed by atoms with Gasteiger partial charge in [-0.15, -0.1) is 0 Å². The van der Waals surface area contributed by atoms with Gasteiger partial charge in [-0.25, -0.2) is 14.8 Å². The summed E-state index contributed by atoms with van der Waals surface area (Å²) in [7, 11) is 0. The standard InChI is InChI=1S/C13H20N4OS/c1-10-14-6-4-11(17-10)8-15-12(18)16-9-13(2)5-3-7-19-13/h4,6H,3,5,7-9H2,1-2H3,(H2,15,16,18)/t13-/m0/s1. The van der Waals surface area contributed by atoms with Crippen LogP contribution in [0.2, 0.25) is 0 Å². The molecule has 0 aromatic carbocycles. The Labute approximate surface area is 118 Å². The van der Waals surface area contributed by atoms with Gasteiger partial charge < -0.3 is 10.6 Å². The third-order valence-electron chi connectivity index (χ3n) is 3.19. The monoisotopic (exact) mass is 280 g/mol. The second-order valence-electron chi connectivity index (χ2n) is 5.03. The molecule has 1 saturated heterocycles. The molecule has 0 radical (unpaired) electrons. The number of urea groups is 1. The summed E-state index contributed by atoms with van der Waals surface area (Å²) >= 11 is 1.94. The van der Waals surface area contributed by atoms with Gasteiger partial charge in [-0.1, -0.05) is 0 Å². The van der Waals surface area contributed by atoms with Gasteiger partial charge in [0.05, 0.1) is 12.2 Å². The summed E-state index contributed by atoms with van der Waals surface area (Å²) in [6, 6.07) is 1.67. The van der Waals surface area contributed by atoms with Crippen molar-refractivity contribution in [2.24, 2.45) is 0 Å². The maximum atomic E-state index is 11.7. The van der Waals surface area contributed by atoms with Crippen molar-refractivity contribution in [3.8, 4) is 0 Å². The van der Waals surface area contributed by atoms with Crippen LogP contribution in [0.3, 0.4) is 0 Å². The molecule has 2 amide bonds. The van der Waals surface area contributed by atoms with E-state index in [0.717, 1.165) is 11.5 Å². The first-order valence-electron chi connectivity index (χ1n) is 6.52. The minimum atomic E-state index is -0.134. The molecule has 2 N–H and O–H groups in total. The Balaban J connectivity index is 1.73. The molecular formula is C13H20N4OS. The Hall–Kier alpha value is -1.30. The van der Waals surface area contributed by atoms with Gasteiger partial charge in [0.1, 0.15) is 5.82 Å². The van der Waals surface area contributed by atoms with Gasteiger partial charge in [-0.2, -0.15) is 11.8 Å². The van der Waals surface area contributed by atoms with Crippen molar-refractivity contribution in [1.82, 2.24) is 20.6 Å². The van der Waals surface area contributed by atoms with Crippen molar-refractivity contribution in [3.63, 3.8) is 0 Å². The van der Waals surface area contributed by atoms with Gasteiger partial charge in [0.15, 0.2) is 0 Å². The molecule has 0 bridgehead atoms. The Morgan fingerprint density at radius 1 is 1.53 bits per heavy atom. The van der Waals surface area contributed by atoms with Crippen molar-refractivity contribution in [1.29, 1.82) is 0 Å². The van der Waals surface area contributed by atoms with Crippen LogP contribution in [0.4, 0.5) is 4.79 Å². The molecule has 0 aliphatic carbocycles. The van der Waals surface area contributed by atoms with Crippen molar-refractivity contribution in [3.05, 3.63) is 23.8 Å². The zero-order valence-electron chi connectivity index (χ0n) is 11.4. The van der Waals surface area contributed by atoms with Crippen LogP contribution >= 0.6 is 11.8 Å². The van der Waals surface area contributed by atoms with Crippen molar-refractivity contribution >= 4 is 17.8 Å². The molecule has 1 atom stereocenters. The SMILES string of the molecule is Cc1nccc(CNC(=O)NC[C@]2(C)CCCS2)n1. The summed E-state index contributed by atoms with van der Waals surface area (Å²) in [6.07, 6.45) is 4.11. The van der Waals surface area contributed by atoms with Crippen LogP contribution in [0, 0.1) is 6.92 Å². The number of amides is 2. The number of carbonyl (C=O) groups is 1. The summed E-state index contributed by atoms with van der Waals surface area (Å²) in [6.45, 7) is 5.19. The highest BCUT2D eigenvalue weighted by Crippen LogP contribution is 2.36. The highest BCUT2D eigenvalue weighted by Gasteiger charge is 2.29. The second-order valence-corrected chi connectivity index (χ2v) is 6.72. The number of thioether (sulfide) groups is 1. The van der Waals surface area contributed by atoms with Gasteiger partial charge >= 0.3 is 6.03 Å². The minimum absolute atomic E-state index is 0.134. The number of carbonyl (C=O) groups excluding carboxylic acids is 1. The second kappa shape index (κ2) is 6.23. The number of nitrogens with zero attached hydrogens (tertiary/aromatic N) is 2. The Kier molecular flexibility index (Phi) is 4.63. The topological polar surface area (TPSA) is 66.9 Å². The average Bonchev–Trinajstić information content (AvgIpc) is 2.82. The molecule has 6 heteroatoms. The average molecular weight is 280 g/mol. The number of nitrogens with one attached hydrogen (secondary N) is 2. The molecule has 0 spiro atoms. The van der Waals surface area contributed by atoms with E-state index in [1.807, 2.05) is 18.7 Å². The first kappa shape index (κ1) is 14.1. The fourth-order valence-corrected chi connectivity index (χ4v) is 3.32. The molecule has 0 saturated carbocycles. The molecule has 1 aromatic heterocycles. The maximum Gasteiger partial charge on any atom is 0.315 e. The smallest absolute Gasteiger partial charge is 0.315 e. The molecule has 19 heavy (non-hydrogen) atoms. The van der Waals surface area contributed by atoms with E-state index in [0.29, 0.717) is 13.1 Å². The van der Waals surface area contributed by atoms with E-state index in [1.54, 1.807) is 12.3 Å². The summed E-state index contributed by atoms with van der Waals surface area (Å²) in [5, 5.41) is 5.75. The molecule has 1 aromatic rings. The number of hydrogen-bond acceptors (Lipinski definition) is 4. The van der Waals surface area contributed by atoms with Gasteiger partial charge in [0, 0.05) is 17.5 Å². The molecule has 1 aliphatic rings. The van der Waals surface area contributed by atoms with Crippen LogP contribution in [0.25, 0.3) is 0 Å². The van der Waals surface area contributed by atoms with Crippen LogP contribution in [-0.2, 0) is 6.54 Å². The Bertz CT molecular complexity index is 446. The predicted octanol–water partition coefficient (Wildman–Crippen LogP) is 1.87. The zero-order chi connectivity index (χ0) is 13.7. The molecule has 2 rings (SSSR count).